The minimum absolute atomic E-state index is 0.135. The molecule has 2 N–H and O–H groups in total. The molecular formula is C19H27N3O3S. The van der Waals surface area contributed by atoms with E-state index in [4.69, 9.17) is 0 Å². The smallest absolute Gasteiger partial charge is 0.234 e. The molecule has 2 saturated heterocycles. The van der Waals surface area contributed by atoms with Gasteiger partial charge in [0.25, 0.3) is 0 Å². The van der Waals surface area contributed by atoms with Gasteiger partial charge in [-0.1, -0.05) is 13.0 Å². The summed E-state index contributed by atoms with van der Waals surface area (Å²) in [6.07, 6.45) is 4.66. The summed E-state index contributed by atoms with van der Waals surface area (Å²) in [5.41, 5.74) is 0.855. The molecule has 7 heteroatoms. The van der Waals surface area contributed by atoms with Crippen LogP contribution in [0.3, 0.4) is 0 Å². The van der Waals surface area contributed by atoms with E-state index in [1.54, 1.807) is 13.1 Å². The maximum atomic E-state index is 12.0. The Labute approximate surface area is 159 Å². The second-order valence-corrected chi connectivity index (χ2v) is 8.57. The first-order valence-electron chi connectivity index (χ1n) is 9.25. The predicted octanol–water partition coefficient (Wildman–Crippen LogP) is 2.09. The van der Waals surface area contributed by atoms with Gasteiger partial charge in [-0.15, -0.1) is 12.6 Å². The highest BCUT2D eigenvalue weighted by Crippen LogP contribution is 2.35. The highest BCUT2D eigenvalue weighted by molar-refractivity contribution is 7.81. The van der Waals surface area contributed by atoms with Crippen LogP contribution in [-0.2, 0) is 9.59 Å². The van der Waals surface area contributed by atoms with E-state index >= 15 is 0 Å². The van der Waals surface area contributed by atoms with Gasteiger partial charge >= 0.3 is 0 Å². The third-order valence-electron chi connectivity index (χ3n) is 5.85. The van der Waals surface area contributed by atoms with Crippen molar-refractivity contribution >= 4 is 30.3 Å². The first kappa shape index (κ1) is 19.2. The zero-order chi connectivity index (χ0) is 18.9. The molecule has 1 aromatic rings. The highest BCUT2D eigenvalue weighted by atomic mass is 32.1. The van der Waals surface area contributed by atoms with Crippen molar-refractivity contribution in [1.29, 1.82) is 0 Å². The van der Waals surface area contributed by atoms with Gasteiger partial charge in [0.05, 0.1) is 5.92 Å². The van der Waals surface area contributed by atoms with Crippen molar-refractivity contribution in [2.24, 2.45) is 11.8 Å². The Bertz CT molecular complexity index is 664. The van der Waals surface area contributed by atoms with Crippen LogP contribution in [0.4, 0.5) is 5.82 Å². The summed E-state index contributed by atoms with van der Waals surface area (Å²) < 4.78 is 0. The molecule has 2 fully saturated rings. The SMILES string of the molecule is CC(C1CCN(c2ccc(C3CCC(=O)NC3=O)cn2)CC1)C(C)(O)S. The maximum Gasteiger partial charge on any atom is 0.234 e. The Morgan fingerprint density at radius 2 is 2.00 bits per heavy atom. The third kappa shape index (κ3) is 4.20. The fraction of sp³-hybridized carbons (Fsp3) is 0.632. The van der Waals surface area contributed by atoms with Crippen molar-refractivity contribution in [2.45, 2.75) is 50.4 Å². The molecule has 0 saturated carbocycles. The molecule has 3 rings (SSSR count). The number of piperidine rings is 2. The average molecular weight is 378 g/mol. The molecule has 2 aliphatic rings. The van der Waals surface area contributed by atoms with E-state index in [0.717, 1.165) is 37.3 Å². The number of nitrogens with zero attached hydrogens (tertiary/aromatic N) is 2. The number of hydrogen-bond acceptors (Lipinski definition) is 6. The molecule has 2 aliphatic heterocycles. The number of rotatable bonds is 4. The van der Waals surface area contributed by atoms with Gasteiger partial charge in [0, 0.05) is 25.7 Å². The third-order valence-corrected chi connectivity index (χ3v) is 6.25. The van der Waals surface area contributed by atoms with E-state index in [1.807, 2.05) is 12.1 Å². The van der Waals surface area contributed by atoms with Crippen LogP contribution in [0.5, 0.6) is 0 Å². The summed E-state index contributed by atoms with van der Waals surface area (Å²) in [7, 11) is 0. The lowest BCUT2D eigenvalue weighted by atomic mass is 9.82. The van der Waals surface area contributed by atoms with Crippen molar-refractivity contribution in [2.75, 3.05) is 18.0 Å². The van der Waals surface area contributed by atoms with Crippen LogP contribution < -0.4 is 10.2 Å². The molecule has 0 radical (unpaired) electrons. The molecule has 3 atom stereocenters. The Morgan fingerprint density at radius 3 is 2.54 bits per heavy atom. The van der Waals surface area contributed by atoms with Gasteiger partial charge in [-0.2, -0.15) is 0 Å². The molecule has 0 bridgehead atoms. The lowest BCUT2D eigenvalue weighted by Gasteiger charge is -2.39. The molecule has 0 aliphatic carbocycles. The number of hydrogen-bond donors (Lipinski definition) is 3. The van der Waals surface area contributed by atoms with E-state index in [2.05, 4.69) is 34.8 Å². The Kier molecular flexibility index (Phi) is 5.58. The van der Waals surface area contributed by atoms with Gasteiger partial charge in [0.15, 0.2) is 0 Å². The average Bonchev–Trinajstić information content (AvgIpc) is 2.61. The molecule has 6 nitrogen and oxygen atoms in total. The molecule has 142 valence electrons. The molecule has 1 aromatic heterocycles. The van der Waals surface area contributed by atoms with E-state index in [0.29, 0.717) is 18.8 Å². The number of nitrogens with one attached hydrogen (secondary N) is 1. The number of aliphatic hydroxyl groups is 1. The highest BCUT2D eigenvalue weighted by Gasteiger charge is 2.33. The first-order chi connectivity index (χ1) is 12.3. The molecule has 3 heterocycles. The van der Waals surface area contributed by atoms with E-state index in [1.165, 1.54) is 0 Å². The van der Waals surface area contributed by atoms with Crippen LogP contribution in [0.1, 0.15) is 51.0 Å². The van der Waals surface area contributed by atoms with Gasteiger partial charge in [-0.25, -0.2) is 4.98 Å². The zero-order valence-corrected chi connectivity index (χ0v) is 16.2. The number of thiol groups is 1. The zero-order valence-electron chi connectivity index (χ0n) is 15.3. The summed E-state index contributed by atoms with van der Waals surface area (Å²) in [5.74, 6) is 0.762. The number of pyridine rings is 1. The summed E-state index contributed by atoms with van der Waals surface area (Å²) in [5, 5.41) is 12.5. The molecular weight excluding hydrogens is 350 g/mol. The fourth-order valence-electron chi connectivity index (χ4n) is 3.88. The molecule has 0 spiro atoms. The van der Waals surface area contributed by atoms with Gasteiger partial charge in [0.2, 0.25) is 11.8 Å². The summed E-state index contributed by atoms with van der Waals surface area (Å²) in [4.78, 5) is 29.1. The van der Waals surface area contributed by atoms with Crippen LogP contribution in [0.25, 0.3) is 0 Å². The lowest BCUT2D eigenvalue weighted by Crippen LogP contribution is -2.41. The first-order valence-corrected chi connectivity index (χ1v) is 9.69. The van der Waals surface area contributed by atoms with Crippen molar-refractivity contribution in [1.82, 2.24) is 10.3 Å². The number of anilines is 1. The van der Waals surface area contributed by atoms with Crippen LogP contribution in [-0.4, -0.2) is 39.9 Å². The van der Waals surface area contributed by atoms with E-state index in [9.17, 15) is 14.7 Å². The molecule has 26 heavy (non-hydrogen) atoms. The predicted molar refractivity (Wildman–Crippen MR) is 103 cm³/mol. The second kappa shape index (κ2) is 7.56. The molecule has 2 amide bonds. The largest absolute Gasteiger partial charge is 0.380 e. The fourth-order valence-corrected chi connectivity index (χ4v) is 4.09. The number of amides is 2. The van der Waals surface area contributed by atoms with Gasteiger partial charge in [0.1, 0.15) is 10.8 Å². The van der Waals surface area contributed by atoms with Gasteiger partial charge < -0.3 is 10.0 Å². The van der Waals surface area contributed by atoms with Crippen molar-refractivity contribution < 1.29 is 14.7 Å². The van der Waals surface area contributed by atoms with Crippen LogP contribution in [0.15, 0.2) is 18.3 Å². The van der Waals surface area contributed by atoms with Crippen LogP contribution in [0, 0.1) is 11.8 Å². The number of imide groups is 1. The standard InChI is InChI=1S/C19H27N3O3S/c1-12(19(2,25)26)13-7-9-22(10-8-13)16-5-3-14(11-20-16)15-4-6-17(23)21-18(15)24/h3,5,11-13,15,25-26H,4,6-10H2,1-2H3,(H,21,23,24). The number of carbonyl (C=O) groups excluding carboxylic acids is 2. The Morgan fingerprint density at radius 1 is 1.31 bits per heavy atom. The number of carbonyl (C=O) groups is 2. The van der Waals surface area contributed by atoms with Crippen molar-refractivity contribution in [3.8, 4) is 0 Å². The van der Waals surface area contributed by atoms with Crippen LogP contribution in [0.2, 0.25) is 0 Å². The topological polar surface area (TPSA) is 82.5 Å². The van der Waals surface area contributed by atoms with E-state index in [-0.39, 0.29) is 23.7 Å². The normalized spacial score (nSPS) is 25.5. The monoisotopic (exact) mass is 377 g/mol. The van der Waals surface area contributed by atoms with Gasteiger partial charge in [-0.3, -0.25) is 14.9 Å². The molecule has 3 unspecified atom stereocenters. The van der Waals surface area contributed by atoms with Crippen molar-refractivity contribution in [3.63, 3.8) is 0 Å². The Hall–Kier alpha value is -1.60. The lowest BCUT2D eigenvalue weighted by molar-refractivity contribution is -0.134. The van der Waals surface area contributed by atoms with E-state index < -0.39 is 4.93 Å². The maximum absolute atomic E-state index is 12.0. The summed E-state index contributed by atoms with van der Waals surface area (Å²) in [6.45, 7) is 5.59. The Balaban J connectivity index is 1.60. The number of aromatic nitrogens is 1. The van der Waals surface area contributed by atoms with Crippen LogP contribution >= 0.6 is 12.6 Å². The minimum Gasteiger partial charge on any atom is -0.380 e. The summed E-state index contributed by atoms with van der Waals surface area (Å²) >= 11 is 4.30. The second-order valence-electron chi connectivity index (χ2n) is 7.66. The molecule has 0 aromatic carbocycles. The quantitative estimate of drug-likeness (QED) is 0.425. The summed E-state index contributed by atoms with van der Waals surface area (Å²) in [6, 6.07) is 3.90. The van der Waals surface area contributed by atoms with Gasteiger partial charge in [-0.05, 0) is 49.7 Å². The minimum atomic E-state index is -0.950. The van der Waals surface area contributed by atoms with Crippen molar-refractivity contribution in [3.05, 3.63) is 23.9 Å².